The lowest BCUT2D eigenvalue weighted by atomic mass is 10.1. The molecule has 0 bridgehead atoms. The number of hydrogen-bond donors (Lipinski definition) is 0. The Kier molecular flexibility index (Phi) is 7.55. The van der Waals surface area contributed by atoms with Crippen LogP contribution >= 0.6 is 0 Å². The Bertz CT molecular complexity index is 687. The second-order valence-corrected chi connectivity index (χ2v) is 9.06. The number of hydrogen-bond acceptors (Lipinski definition) is 6. The van der Waals surface area contributed by atoms with Crippen molar-refractivity contribution in [2.24, 2.45) is 0 Å². The van der Waals surface area contributed by atoms with Gasteiger partial charge in [-0.05, 0) is 38.0 Å². The van der Waals surface area contributed by atoms with E-state index in [9.17, 15) is 18.5 Å². The smallest absolute Gasteiger partial charge is 0.269 e. The standard InChI is InChI=1S/C18H29N3O4S/c1-3-19(4-2)11-5-12-20(18-10-13-26(24,25)15-18)14-16-6-8-17(9-7-16)21(22)23/h6-9,18H,3-5,10-15H2,1-2H3/t18-/m0/s1. The second kappa shape index (κ2) is 9.43. The van der Waals surface area contributed by atoms with Crippen LogP contribution in [0, 0.1) is 10.1 Å². The summed E-state index contributed by atoms with van der Waals surface area (Å²) in [5, 5.41) is 10.8. The summed E-state index contributed by atoms with van der Waals surface area (Å²) in [6, 6.07) is 6.58. The molecule has 1 aromatic rings. The molecule has 0 radical (unpaired) electrons. The van der Waals surface area contributed by atoms with Crippen molar-refractivity contribution in [3.05, 3.63) is 39.9 Å². The first kappa shape index (κ1) is 20.8. The maximum absolute atomic E-state index is 11.9. The number of benzene rings is 1. The molecule has 0 amide bonds. The molecule has 8 heteroatoms. The lowest BCUT2D eigenvalue weighted by Gasteiger charge is -2.29. The zero-order valence-electron chi connectivity index (χ0n) is 15.6. The summed E-state index contributed by atoms with van der Waals surface area (Å²) in [4.78, 5) is 15.0. The van der Waals surface area contributed by atoms with Gasteiger partial charge < -0.3 is 4.90 Å². The summed E-state index contributed by atoms with van der Waals surface area (Å²) in [5.41, 5.74) is 1.05. The minimum Gasteiger partial charge on any atom is -0.304 e. The molecule has 1 aliphatic rings. The molecule has 7 nitrogen and oxygen atoms in total. The number of non-ortho nitro benzene ring substituents is 1. The van der Waals surface area contributed by atoms with Gasteiger partial charge in [0.1, 0.15) is 0 Å². The predicted molar refractivity (Wildman–Crippen MR) is 103 cm³/mol. The van der Waals surface area contributed by atoms with Crippen LogP contribution < -0.4 is 0 Å². The van der Waals surface area contributed by atoms with Gasteiger partial charge in [-0.3, -0.25) is 15.0 Å². The molecule has 0 aliphatic carbocycles. The number of sulfone groups is 1. The summed E-state index contributed by atoms with van der Waals surface area (Å²) in [5.74, 6) is 0.468. The van der Waals surface area contributed by atoms with Crippen molar-refractivity contribution in [1.29, 1.82) is 0 Å². The lowest BCUT2D eigenvalue weighted by Crippen LogP contribution is -2.38. The molecule has 1 aliphatic heterocycles. The Morgan fingerprint density at radius 1 is 1.15 bits per heavy atom. The molecular formula is C18H29N3O4S. The van der Waals surface area contributed by atoms with Crippen LogP contribution in [0.1, 0.15) is 32.3 Å². The van der Waals surface area contributed by atoms with E-state index in [0.29, 0.717) is 13.0 Å². The molecule has 0 unspecified atom stereocenters. The summed E-state index contributed by atoms with van der Waals surface area (Å²) in [6.07, 6.45) is 1.64. The minimum absolute atomic E-state index is 0.0342. The highest BCUT2D eigenvalue weighted by Gasteiger charge is 2.32. The fourth-order valence-corrected chi connectivity index (χ4v) is 5.21. The molecule has 1 saturated heterocycles. The van der Waals surface area contributed by atoms with Gasteiger partial charge in [0.15, 0.2) is 9.84 Å². The first-order chi connectivity index (χ1) is 12.3. The Morgan fingerprint density at radius 2 is 1.81 bits per heavy atom. The predicted octanol–water partition coefficient (Wildman–Crippen LogP) is 2.32. The normalized spacial score (nSPS) is 19.3. The highest BCUT2D eigenvalue weighted by molar-refractivity contribution is 7.91. The van der Waals surface area contributed by atoms with Crippen molar-refractivity contribution >= 4 is 15.5 Å². The van der Waals surface area contributed by atoms with E-state index in [1.165, 1.54) is 12.1 Å². The van der Waals surface area contributed by atoms with Crippen LogP contribution in [0.2, 0.25) is 0 Å². The molecule has 0 aromatic heterocycles. The van der Waals surface area contributed by atoms with Crippen molar-refractivity contribution in [3.8, 4) is 0 Å². The molecule has 146 valence electrons. The van der Waals surface area contributed by atoms with E-state index in [0.717, 1.165) is 38.2 Å². The van der Waals surface area contributed by atoms with Gasteiger partial charge in [0.25, 0.3) is 5.69 Å². The van der Waals surface area contributed by atoms with E-state index >= 15 is 0 Å². The highest BCUT2D eigenvalue weighted by Crippen LogP contribution is 2.21. The van der Waals surface area contributed by atoms with Gasteiger partial charge in [-0.15, -0.1) is 0 Å². The van der Waals surface area contributed by atoms with Gasteiger partial charge in [-0.1, -0.05) is 26.0 Å². The first-order valence-electron chi connectivity index (χ1n) is 9.24. The van der Waals surface area contributed by atoms with Crippen LogP contribution in [0.3, 0.4) is 0 Å². The average molecular weight is 384 g/mol. The van der Waals surface area contributed by atoms with E-state index in [2.05, 4.69) is 23.6 Å². The molecule has 1 atom stereocenters. The summed E-state index contributed by atoms with van der Waals surface area (Å²) in [6.45, 7) is 8.74. The topological polar surface area (TPSA) is 83.8 Å². The number of rotatable bonds is 10. The van der Waals surface area contributed by atoms with Crippen LogP contribution in [-0.4, -0.2) is 66.9 Å². The minimum atomic E-state index is -2.94. The zero-order valence-corrected chi connectivity index (χ0v) is 16.5. The Balaban J connectivity index is 2.03. The van der Waals surface area contributed by atoms with Gasteiger partial charge in [-0.2, -0.15) is 0 Å². The third-order valence-corrected chi connectivity index (χ3v) is 6.82. The number of nitro groups is 1. The number of nitro benzene ring substituents is 1. The summed E-state index contributed by atoms with van der Waals surface area (Å²) >= 11 is 0. The molecule has 1 heterocycles. The maximum Gasteiger partial charge on any atom is 0.269 e. The van der Waals surface area contributed by atoms with Crippen LogP contribution in [0.5, 0.6) is 0 Å². The van der Waals surface area contributed by atoms with Crippen LogP contribution in [0.15, 0.2) is 24.3 Å². The third kappa shape index (κ3) is 6.03. The molecular weight excluding hydrogens is 354 g/mol. The summed E-state index contributed by atoms with van der Waals surface area (Å²) in [7, 11) is -2.94. The van der Waals surface area contributed by atoms with E-state index in [-0.39, 0.29) is 23.2 Å². The Hall–Kier alpha value is -1.51. The average Bonchev–Trinajstić information content (AvgIpc) is 2.98. The molecule has 0 spiro atoms. The fourth-order valence-electron chi connectivity index (χ4n) is 3.45. The van der Waals surface area contributed by atoms with Gasteiger partial charge >= 0.3 is 0 Å². The number of nitrogens with zero attached hydrogens (tertiary/aromatic N) is 3. The van der Waals surface area contributed by atoms with E-state index in [1.54, 1.807) is 12.1 Å². The van der Waals surface area contributed by atoms with Gasteiger partial charge in [0, 0.05) is 31.3 Å². The van der Waals surface area contributed by atoms with Crippen molar-refractivity contribution in [2.75, 3.05) is 37.7 Å². The van der Waals surface area contributed by atoms with Crippen molar-refractivity contribution in [3.63, 3.8) is 0 Å². The highest BCUT2D eigenvalue weighted by atomic mass is 32.2. The van der Waals surface area contributed by atoms with Gasteiger partial charge in [0.2, 0.25) is 0 Å². The quantitative estimate of drug-likeness (QED) is 0.455. The SMILES string of the molecule is CCN(CC)CCCN(Cc1ccc([N+](=O)[O-])cc1)[C@H]1CCS(=O)(=O)C1. The molecule has 26 heavy (non-hydrogen) atoms. The zero-order chi connectivity index (χ0) is 19.2. The Labute approximate surface area is 156 Å². The van der Waals surface area contributed by atoms with E-state index < -0.39 is 14.8 Å². The second-order valence-electron chi connectivity index (χ2n) is 6.83. The fraction of sp³-hybridized carbons (Fsp3) is 0.667. The third-order valence-electron chi connectivity index (χ3n) is 5.07. The van der Waals surface area contributed by atoms with E-state index in [1.807, 2.05) is 0 Å². The monoisotopic (exact) mass is 383 g/mol. The molecule has 2 rings (SSSR count). The van der Waals surface area contributed by atoms with Gasteiger partial charge in [0.05, 0.1) is 16.4 Å². The van der Waals surface area contributed by atoms with Crippen LogP contribution in [-0.2, 0) is 16.4 Å². The van der Waals surface area contributed by atoms with Crippen molar-refractivity contribution < 1.29 is 13.3 Å². The van der Waals surface area contributed by atoms with Crippen molar-refractivity contribution in [2.45, 2.75) is 39.3 Å². The molecule has 0 saturated carbocycles. The lowest BCUT2D eigenvalue weighted by molar-refractivity contribution is -0.384. The first-order valence-corrected chi connectivity index (χ1v) is 11.1. The molecule has 1 fully saturated rings. The maximum atomic E-state index is 11.9. The molecule has 1 aromatic carbocycles. The van der Waals surface area contributed by atoms with Crippen molar-refractivity contribution in [1.82, 2.24) is 9.80 Å². The summed E-state index contributed by atoms with van der Waals surface area (Å²) < 4.78 is 23.8. The largest absolute Gasteiger partial charge is 0.304 e. The molecule has 0 N–H and O–H groups in total. The van der Waals surface area contributed by atoms with Gasteiger partial charge in [-0.25, -0.2) is 8.42 Å². The Morgan fingerprint density at radius 3 is 2.31 bits per heavy atom. The van der Waals surface area contributed by atoms with Crippen LogP contribution in [0.4, 0.5) is 5.69 Å². The van der Waals surface area contributed by atoms with E-state index in [4.69, 9.17) is 0 Å². The van der Waals surface area contributed by atoms with Crippen LogP contribution in [0.25, 0.3) is 0 Å².